The fourth-order valence-corrected chi connectivity index (χ4v) is 3.01. The average molecular weight is 276 g/mol. The maximum atomic E-state index is 12.2. The minimum atomic E-state index is -0.0722. The van der Waals surface area contributed by atoms with Gasteiger partial charge in [-0.05, 0) is 49.3 Å². The van der Waals surface area contributed by atoms with Gasteiger partial charge in [0, 0.05) is 24.4 Å². The average Bonchev–Trinajstić information content (AvgIpc) is 2.48. The Morgan fingerprint density at radius 2 is 2.05 bits per heavy atom. The van der Waals surface area contributed by atoms with E-state index in [1.807, 2.05) is 6.92 Å². The molecule has 0 radical (unpaired) electrons. The highest BCUT2D eigenvalue weighted by atomic mass is 16.3. The van der Waals surface area contributed by atoms with Gasteiger partial charge in [-0.25, -0.2) is 0 Å². The molecule has 0 heterocycles. The second-order valence-corrected chi connectivity index (χ2v) is 5.72. The van der Waals surface area contributed by atoms with Gasteiger partial charge >= 0.3 is 0 Å². The van der Waals surface area contributed by atoms with E-state index in [1.54, 1.807) is 18.2 Å². The number of nitrogens with one attached hydrogen (secondary N) is 1. The Morgan fingerprint density at radius 3 is 2.75 bits per heavy atom. The van der Waals surface area contributed by atoms with Gasteiger partial charge in [-0.15, -0.1) is 0 Å². The zero-order chi connectivity index (χ0) is 14.5. The number of rotatable bonds is 4. The molecule has 1 amide bonds. The number of hydrogen-bond donors (Lipinski definition) is 3. The van der Waals surface area contributed by atoms with E-state index in [1.165, 1.54) is 12.8 Å². The van der Waals surface area contributed by atoms with Crippen LogP contribution in [0, 0.1) is 18.8 Å². The monoisotopic (exact) mass is 276 g/mol. The largest absolute Gasteiger partial charge is 0.398 e. The van der Waals surface area contributed by atoms with Crippen LogP contribution in [-0.4, -0.2) is 24.2 Å². The van der Waals surface area contributed by atoms with E-state index in [2.05, 4.69) is 5.32 Å². The van der Waals surface area contributed by atoms with Crippen molar-refractivity contribution in [3.63, 3.8) is 0 Å². The summed E-state index contributed by atoms with van der Waals surface area (Å²) in [5.41, 5.74) is 7.94. The number of amides is 1. The smallest absolute Gasteiger partial charge is 0.251 e. The van der Waals surface area contributed by atoms with E-state index >= 15 is 0 Å². The van der Waals surface area contributed by atoms with Gasteiger partial charge in [0.2, 0.25) is 0 Å². The highest BCUT2D eigenvalue weighted by molar-refractivity contribution is 5.96. The molecule has 0 aromatic heterocycles. The molecule has 1 aromatic carbocycles. The minimum Gasteiger partial charge on any atom is -0.398 e. The summed E-state index contributed by atoms with van der Waals surface area (Å²) in [7, 11) is 0. The van der Waals surface area contributed by atoms with Crippen LogP contribution in [0.1, 0.15) is 41.6 Å². The molecule has 2 unspecified atom stereocenters. The lowest BCUT2D eigenvalue weighted by atomic mass is 9.79. The van der Waals surface area contributed by atoms with Crippen molar-refractivity contribution in [1.82, 2.24) is 5.32 Å². The third kappa shape index (κ3) is 3.31. The van der Waals surface area contributed by atoms with E-state index in [9.17, 15) is 9.90 Å². The lowest BCUT2D eigenvalue weighted by Gasteiger charge is -2.30. The number of benzene rings is 1. The zero-order valence-electron chi connectivity index (χ0n) is 12.1. The Labute approximate surface area is 120 Å². The molecule has 1 aliphatic rings. The van der Waals surface area contributed by atoms with E-state index < -0.39 is 0 Å². The van der Waals surface area contributed by atoms with Gasteiger partial charge in [-0.3, -0.25) is 4.79 Å². The van der Waals surface area contributed by atoms with Crippen LogP contribution < -0.4 is 11.1 Å². The molecule has 4 heteroatoms. The Kier molecular flexibility index (Phi) is 5.01. The Balaban J connectivity index is 1.96. The van der Waals surface area contributed by atoms with Crippen molar-refractivity contribution in [2.24, 2.45) is 11.8 Å². The van der Waals surface area contributed by atoms with Crippen molar-refractivity contribution in [2.45, 2.75) is 32.6 Å². The fourth-order valence-electron chi connectivity index (χ4n) is 3.01. The maximum absolute atomic E-state index is 12.2. The Bertz CT molecular complexity index is 474. The van der Waals surface area contributed by atoms with E-state index in [0.717, 1.165) is 18.4 Å². The first-order valence-electron chi connectivity index (χ1n) is 7.37. The van der Waals surface area contributed by atoms with Crippen LogP contribution >= 0.6 is 0 Å². The third-order valence-electron chi connectivity index (χ3n) is 4.45. The molecule has 1 saturated carbocycles. The summed E-state index contributed by atoms with van der Waals surface area (Å²) in [5.74, 6) is 0.641. The highest BCUT2D eigenvalue weighted by Crippen LogP contribution is 2.29. The van der Waals surface area contributed by atoms with Crippen LogP contribution in [0.5, 0.6) is 0 Å². The molecule has 1 fully saturated rings. The van der Waals surface area contributed by atoms with Crippen molar-refractivity contribution in [2.75, 3.05) is 18.9 Å². The van der Waals surface area contributed by atoms with Crippen LogP contribution in [0.25, 0.3) is 0 Å². The van der Waals surface area contributed by atoms with Crippen LogP contribution in [0.3, 0.4) is 0 Å². The molecule has 4 N–H and O–H groups in total. The van der Waals surface area contributed by atoms with E-state index in [-0.39, 0.29) is 12.5 Å². The summed E-state index contributed by atoms with van der Waals surface area (Å²) in [5, 5.41) is 12.4. The number of aliphatic hydroxyl groups is 1. The molecule has 0 spiro atoms. The number of aliphatic hydroxyl groups excluding tert-OH is 1. The molecule has 0 aliphatic heterocycles. The van der Waals surface area contributed by atoms with Crippen molar-refractivity contribution in [3.8, 4) is 0 Å². The van der Waals surface area contributed by atoms with Crippen LogP contribution in [0.15, 0.2) is 18.2 Å². The molecule has 0 saturated heterocycles. The molecule has 20 heavy (non-hydrogen) atoms. The third-order valence-corrected chi connectivity index (χ3v) is 4.45. The molecule has 0 bridgehead atoms. The first-order valence-corrected chi connectivity index (χ1v) is 7.37. The summed E-state index contributed by atoms with van der Waals surface area (Å²) in [6.07, 6.45) is 4.52. The Hall–Kier alpha value is -1.55. The topological polar surface area (TPSA) is 75.4 Å². The normalized spacial score (nSPS) is 22.5. The first-order chi connectivity index (χ1) is 9.63. The molecule has 1 aliphatic carbocycles. The standard InChI is InChI=1S/C16H24N2O2/c1-11-14(7-4-8-15(11)17)16(20)18-9-12-5-2-3-6-13(12)10-19/h4,7-8,12-13,19H,2-3,5-6,9-10,17H2,1H3,(H,18,20). The zero-order valence-corrected chi connectivity index (χ0v) is 12.1. The summed E-state index contributed by atoms with van der Waals surface area (Å²) < 4.78 is 0. The number of nitrogen functional groups attached to an aromatic ring is 1. The summed E-state index contributed by atoms with van der Waals surface area (Å²) in [4.78, 5) is 12.2. The molecule has 110 valence electrons. The van der Waals surface area contributed by atoms with E-state index in [0.29, 0.717) is 29.6 Å². The number of hydrogen-bond acceptors (Lipinski definition) is 3. The number of nitrogens with two attached hydrogens (primary N) is 1. The van der Waals surface area contributed by atoms with E-state index in [4.69, 9.17) is 5.73 Å². The highest BCUT2D eigenvalue weighted by Gasteiger charge is 2.25. The number of carbonyl (C=O) groups excluding carboxylic acids is 1. The summed E-state index contributed by atoms with van der Waals surface area (Å²) in [6, 6.07) is 5.40. The summed E-state index contributed by atoms with van der Waals surface area (Å²) in [6.45, 7) is 2.72. The number of carbonyl (C=O) groups is 1. The lowest BCUT2D eigenvalue weighted by molar-refractivity contribution is 0.0909. The van der Waals surface area contributed by atoms with Crippen LogP contribution in [0.2, 0.25) is 0 Å². The van der Waals surface area contributed by atoms with Gasteiger partial charge in [-0.2, -0.15) is 0 Å². The van der Waals surface area contributed by atoms with Gasteiger partial charge in [0.25, 0.3) is 5.91 Å². The quantitative estimate of drug-likeness (QED) is 0.737. The van der Waals surface area contributed by atoms with Crippen molar-refractivity contribution in [3.05, 3.63) is 29.3 Å². The fraction of sp³-hybridized carbons (Fsp3) is 0.562. The molecular formula is C16H24N2O2. The molecule has 2 atom stereocenters. The first kappa shape index (κ1) is 14.9. The van der Waals surface area contributed by atoms with Crippen LogP contribution in [-0.2, 0) is 0 Å². The van der Waals surface area contributed by atoms with Crippen molar-refractivity contribution < 1.29 is 9.90 Å². The van der Waals surface area contributed by atoms with Gasteiger partial charge < -0.3 is 16.2 Å². The lowest BCUT2D eigenvalue weighted by Crippen LogP contribution is -2.35. The predicted octanol–water partition coefficient (Wildman–Crippen LogP) is 2.11. The van der Waals surface area contributed by atoms with Gasteiger partial charge in [0.05, 0.1) is 0 Å². The van der Waals surface area contributed by atoms with Gasteiger partial charge in [0.1, 0.15) is 0 Å². The van der Waals surface area contributed by atoms with Crippen molar-refractivity contribution >= 4 is 11.6 Å². The predicted molar refractivity (Wildman–Crippen MR) is 80.5 cm³/mol. The molecule has 1 aromatic rings. The molecule has 4 nitrogen and oxygen atoms in total. The van der Waals surface area contributed by atoms with Crippen molar-refractivity contribution in [1.29, 1.82) is 0 Å². The van der Waals surface area contributed by atoms with Gasteiger partial charge in [-0.1, -0.05) is 18.9 Å². The second-order valence-electron chi connectivity index (χ2n) is 5.72. The Morgan fingerprint density at radius 1 is 1.35 bits per heavy atom. The summed E-state index contributed by atoms with van der Waals surface area (Å²) >= 11 is 0. The minimum absolute atomic E-state index is 0.0722. The maximum Gasteiger partial charge on any atom is 0.251 e. The number of anilines is 1. The molecule has 2 rings (SSSR count). The van der Waals surface area contributed by atoms with Gasteiger partial charge in [0.15, 0.2) is 0 Å². The second kappa shape index (κ2) is 6.75. The van der Waals surface area contributed by atoms with Crippen LogP contribution in [0.4, 0.5) is 5.69 Å². The SMILES string of the molecule is Cc1c(N)cccc1C(=O)NCC1CCCCC1CO. The molecular weight excluding hydrogens is 252 g/mol.